The van der Waals surface area contributed by atoms with Gasteiger partial charge in [0.1, 0.15) is 5.60 Å². The number of piperidine rings is 1. The Labute approximate surface area is 239 Å². The molecule has 1 fully saturated rings. The van der Waals surface area contributed by atoms with Crippen LogP contribution in [0.25, 0.3) is 0 Å². The third-order valence-corrected chi connectivity index (χ3v) is 8.81. The smallest absolute Gasteiger partial charge is 0.312 e. The summed E-state index contributed by atoms with van der Waals surface area (Å²) in [5.74, 6) is -0.446. The van der Waals surface area contributed by atoms with Crippen LogP contribution in [-0.2, 0) is 15.1 Å². The molecule has 2 atom stereocenters. The van der Waals surface area contributed by atoms with Gasteiger partial charge in [-0.25, -0.2) is 0 Å². The maximum Gasteiger partial charge on any atom is 0.312 e. The summed E-state index contributed by atoms with van der Waals surface area (Å²) in [5.41, 5.74) is 6.10. The van der Waals surface area contributed by atoms with Gasteiger partial charge in [-0.15, -0.1) is 0 Å². The van der Waals surface area contributed by atoms with Gasteiger partial charge in [-0.1, -0.05) is 77.9 Å². The van der Waals surface area contributed by atoms with E-state index in [0.29, 0.717) is 6.42 Å². The van der Waals surface area contributed by atoms with Gasteiger partial charge >= 0.3 is 5.97 Å². The molecule has 0 aromatic heterocycles. The molecule has 1 heterocycles. The number of methoxy groups -OCH3 is 1. The number of aliphatic hydroxyl groups is 2. The number of esters is 1. The Kier molecular flexibility index (Phi) is 9.83. The second-order valence-corrected chi connectivity index (χ2v) is 11.6. The predicted molar refractivity (Wildman–Crippen MR) is 160 cm³/mol. The van der Waals surface area contributed by atoms with Crippen LogP contribution < -0.4 is 0 Å². The van der Waals surface area contributed by atoms with Gasteiger partial charge in [-0.2, -0.15) is 0 Å². The van der Waals surface area contributed by atoms with Crippen LogP contribution in [0.5, 0.6) is 0 Å². The van der Waals surface area contributed by atoms with E-state index in [-0.39, 0.29) is 17.8 Å². The van der Waals surface area contributed by atoms with E-state index in [9.17, 15) is 15.0 Å². The first-order chi connectivity index (χ1) is 19.1. The fraction of sp³-hybridized carbons (Fsp3) is 0.457. The molecule has 2 unspecified atom stereocenters. The average molecular weight is 544 g/mol. The number of rotatable bonds is 10. The van der Waals surface area contributed by atoms with Crippen LogP contribution in [0.4, 0.5) is 0 Å². The number of nitrogens with zero attached hydrogens (tertiary/aromatic N) is 1. The predicted octanol–water partition coefficient (Wildman–Crippen LogP) is 6.35. The molecule has 0 saturated carbocycles. The first-order valence-corrected chi connectivity index (χ1v) is 14.6. The quantitative estimate of drug-likeness (QED) is 0.292. The maximum absolute atomic E-state index is 12.3. The van der Waals surface area contributed by atoms with Crippen molar-refractivity contribution < 1.29 is 19.7 Å². The number of hydrogen-bond donors (Lipinski definition) is 2. The summed E-state index contributed by atoms with van der Waals surface area (Å²) in [6.07, 6.45) is 2.87. The molecule has 5 heteroatoms. The van der Waals surface area contributed by atoms with Crippen molar-refractivity contribution in [1.29, 1.82) is 0 Å². The Morgan fingerprint density at radius 3 is 2.00 bits per heavy atom. The molecular weight excluding hydrogens is 498 g/mol. The van der Waals surface area contributed by atoms with Crippen molar-refractivity contribution in [2.75, 3.05) is 26.7 Å². The van der Waals surface area contributed by atoms with E-state index in [4.69, 9.17) is 4.74 Å². The highest BCUT2D eigenvalue weighted by molar-refractivity contribution is 5.78. The molecule has 2 N–H and O–H groups in total. The lowest BCUT2D eigenvalue weighted by Gasteiger charge is -2.42. The van der Waals surface area contributed by atoms with Gasteiger partial charge in [0.05, 0.1) is 19.1 Å². The van der Waals surface area contributed by atoms with Gasteiger partial charge < -0.3 is 19.8 Å². The van der Waals surface area contributed by atoms with E-state index in [1.54, 1.807) is 0 Å². The number of ether oxygens (including phenoxy) is 1. The van der Waals surface area contributed by atoms with Crippen molar-refractivity contribution in [3.8, 4) is 0 Å². The highest BCUT2D eigenvalue weighted by Crippen LogP contribution is 2.42. The largest absolute Gasteiger partial charge is 0.469 e. The molecule has 0 amide bonds. The van der Waals surface area contributed by atoms with E-state index < -0.39 is 11.7 Å². The summed E-state index contributed by atoms with van der Waals surface area (Å²) in [7, 11) is 1.41. The molecule has 214 valence electrons. The van der Waals surface area contributed by atoms with Crippen molar-refractivity contribution in [3.05, 3.63) is 106 Å². The topological polar surface area (TPSA) is 70.0 Å². The molecule has 0 spiro atoms. The SMILES string of the molecule is COC(=O)C(C)c1ccc(C(O)CCCN2CCC(C(O)(c3ccc(C)cc3)c3ccc(C)cc3)CC2)cc1C. The van der Waals surface area contributed by atoms with E-state index in [2.05, 4.69) is 67.3 Å². The molecule has 40 heavy (non-hydrogen) atoms. The molecule has 1 aliphatic rings. The monoisotopic (exact) mass is 543 g/mol. The van der Waals surface area contributed by atoms with Gasteiger partial charge in [0.15, 0.2) is 0 Å². The number of benzene rings is 3. The Morgan fingerprint density at radius 1 is 0.950 bits per heavy atom. The standard InChI is InChI=1S/C35H45NO4/c1-24-8-13-29(14-9-24)35(39,30-15-10-25(2)11-16-30)31-18-21-36(22-19-31)20-6-7-33(37)28-12-17-32(26(3)23-28)27(4)34(38)40-5/h8-17,23,27,31,33,37,39H,6-7,18-22H2,1-5H3. The van der Waals surface area contributed by atoms with Crippen molar-refractivity contribution in [3.63, 3.8) is 0 Å². The molecule has 0 radical (unpaired) electrons. The van der Waals surface area contributed by atoms with Crippen LogP contribution in [0.1, 0.15) is 83.6 Å². The van der Waals surface area contributed by atoms with Crippen LogP contribution in [0.3, 0.4) is 0 Å². The van der Waals surface area contributed by atoms with Crippen molar-refractivity contribution in [2.24, 2.45) is 5.92 Å². The number of aliphatic hydroxyl groups excluding tert-OH is 1. The first-order valence-electron chi connectivity index (χ1n) is 14.6. The summed E-state index contributed by atoms with van der Waals surface area (Å²) in [4.78, 5) is 14.4. The van der Waals surface area contributed by atoms with Crippen molar-refractivity contribution in [1.82, 2.24) is 4.90 Å². The minimum Gasteiger partial charge on any atom is -0.469 e. The molecule has 5 nitrogen and oxygen atoms in total. The molecule has 4 rings (SSSR count). The normalized spacial score (nSPS) is 16.5. The Hall–Kier alpha value is -2.99. The minimum absolute atomic E-state index is 0.133. The Morgan fingerprint density at radius 2 is 1.50 bits per heavy atom. The lowest BCUT2D eigenvalue weighted by Crippen LogP contribution is -2.44. The maximum atomic E-state index is 12.3. The van der Waals surface area contributed by atoms with Gasteiger partial charge in [-0.3, -0.25) is 4.79 Å². The fourth-order valence-corrected chi connectivity index (χ4v) is 6.20. The van der Waals surface area contributed by atoms with Crippen molar-refractivity contribution >= 4 is 5.97 Å². The number of carbonyl (C=O) groups excluding carboxylic acids is 1. The molecule has 1 saturated heterocycles. The van der Waals surface area contributed by atoms with Crippen LogP contribution in [0, 0.1) is 26.7 Å². The van der Waals surface area contributed by atoms with Crippen molar-refractivity contribution in [2.45, 2.75) is 71.0 Å². The second kappa shape index (κ2) is 13.1. The lowest BCUT2D eigenvalue weighted by molar-refractivity contribution is -0.142. The highest BCUT2D eigenvalue weighted by Gasteiger charge is 2.41. The summed E-state index contributed by atoms with van der Waals surface area (Å²) in [5, 5.41) is 23.1. The molecule has 3 aromatic rings. The average Bonchev–Trinajstić information content (AvgIpc) is 2.97. The number of carbonyl (C=O) groups is 1. The van der Waals surface area contributed by atoms with E-state index in [0.717, 1.165) is 66.7 Å². The van der Waals surface area contributed by atoms with E-state index in [1.165, 1.54) is 18.2 Å². The third-order valence-electron chi connectivity index (χ3n) is 8.81. The second-order valence-electron chi connectivity index (χ2n) is 11.6. The van der Waals surface area contributed by atoms with Gasteiger partial charge in [-0.05, 0) is 107 Å². The molecule has 1 aliphatic heterocycles. The third kappa shape index (κ3) is 6.65. The zero-order valence-electron chi connectivity index (χ0n) is 24.7. The van der Waals surface area contributed by atoms with Crippen LogP contribution in [-0.4, -0.2) is 47.8 Å². The number of likely N-dealkylation sites (tertiary alicyclic amines) is 1. The molecule has 0 bridgehead atoms. The summed E-state index contributed by atoms with van der Waals surface area (Å²) < 4.78 is 4.88. The van der Waals surface area contributed by atoms with E-state index >= 15 is 0 Å². The summed E-state index contributed by atoms with van der Waals surface area (Å²) >= 11 is 0. The zero-order chi connectivity index (χ0) is 28.9. The summed E-state index contributed by atoms with van der Waals surface area (Å²) in [6, 6.07) is 22.5. The van der Waals surface area contributed by atoms with Gasteiger partial charge in [0.25, 0.3) is 0 Å². The Balaban J connectivity index is 1.34. The summed E-state index contributed by atoms with van der Waals surface area (Å²) in [6.45, 7) is 10.8. The molecule has 3 aromatic carbocycles. The van der Waals surface area contributed by atoms with Gasteiger partial charge in [0.2, 0.25) is 0 Å². The number of hydrogen-bond acceptors (Lipinski definition) is 5. The zero-order valence-corrected chi connectivity index (χ0v) is 24.7. The first kappa shape index (κ1) is 30.0. The minimum atomic E-state index is -1.01. The number of aryl methyl sites for hydroxylation is 3. The van der Waals surface area contributed by atoms with Gasteiger partial charge in [0, 0.05) is 0 Å². The highest BCUT2D eigenvalue weighted by atomic mass is 16.5. The van der Waals surface area contributed by atoms with Crippen LogP contribution in [0.15, 0.2) is 66.7 Å². The lowest BCUT2D eigenvalue weighted by atomic mass is 9.72. The van der Waals surface area contributed by atoms with E-state index in [1.807, 2.05) is 32.0 Å². The van der Waals surface area contributed by atoms with Crippen LogP contribution in [0.2, 0.25) is 0 Å². The molecule has 0 aliphatic carbocycles. The van der Waals surface area contributed by atoms with Crippen LogP contribution >= 0.6 is 0 Å². The molecular formula is C35H45NO4. The fourth-order valence-electron chi connectivity index (χ4n) is 6.20. The Bertz CT molecular complexity index is 1210.